The predicted molar refractivity (Wildman–Crippen MR) is 164 cm³/mol. The average molecular weight is 610 g/mol. The SMILES string of the molecule is Cc1cc(-c2ncc3c(N4C[C@H]5CC[C@@](C)(C5)C4)nc(OC[C@]4(CN(C)C)CC4(F)F)nc3c2F)c2c(Cl)cccc2c1. The van der Waals surface area contributed by atoms with Crippen molar-refractivity contribution in [2.24, 2.45) is 16.7 Å². The van der Waals surface area contributed by atoms with Crippen molar-refractivity contribution in [2.45, 2.75) is 45.5 Å². The van der Waals surface area contributed by atoms with Crippen molar-refractivity contribution in [3.63, 3.8) is 0 Å². The Morgan fingerprint density at radius 1 is 1.19 bits per heavy atom. The molecule has 3 aliphatic rings. The molecule has 3 atom stereocenters. The summed E-state index contributed by atoms with van der Waals surface area (Å²) in [4.78, 5) is 17.8. The largest absolute Gasteiger partial charge is 0.463 e. The summed E-state index contributed by atoms with van der Waals surface area (Å²) in [5, 5.41) is 2.55. The van der Waals surface area contributed by atoms with Gasteiger partial charge in [0.2, 0.25) is 0 Å². The maximum atomic E-state index is 16.7. The number of fused-ring (bicyclic) bond motifs is 4. The second-order valence-corrected chi connectivity index (χ2v) is 14.1. The first-order chi connectivity index (χ1) is 20.4. The third-order valence-electron chi connectivity index (χ3n) is 9.57. The molecule has 2 bridgehead atoms. The van der Waals surface area contributed by atoms with Crippen molar-refractivity contribution in [1.82, 2.24) is 19.9 Å². The number of piperidine rings is 1. The van der Waals surface area contributed by atoms with E-state index in [9.17, 15) is 8.78 Å². The number of pyridine rings is 1. The maximum Gasteiger partial charge on any atom is 0.319 e. The molecule has 4 aromatic rings. The minimum absolute atomic E-state index is 0.0546. The average Bonchev–Trinajstić information content (AvgIpc) is 3.35. The summed E-state index contributed by atoms with van der Waals surface area (Å²) in [5.41, 5.74) is 0.482. The Labute approximate surface area is 254 Å². The van der Waals surface area contributed by atoms with E-state index < -0.39 is 17.2 Å². The quantitative estimate of drug-likeness (QED) is 0.216. The highest BCUT2D eigenvalue weighted by Crippen LogP contribution is 2.60. The Hall–Kier alpha value is -3.17. The normalized spacial score (nSPS) is 26.1. The van der Waals surface area contributed by atoms with Gasteiger partial charge in [-0.1, -0.05) is 36.7 Å². The van der Waals surface area contributed by atoms with Gasteiger partial charge in [0.1, 0.15) is 23.6 Å². The van der Waals surface area contributed by atoms with Gasteiger partial charge in [-0.2, -0.15) is 9.97 Å². The smallest absolute Gasteiger partial charge is 0.319 e. The molecule has 2 aromatic heterocycles. The summed E-state index contributed by atoms with van der Waals surface area (Å²) in [6.07, 6.45) is 4.77. The van der Waals surface area contributed by atoms with Crippen LogP contribution >= 0.6 is 11.6 Å². The molecule has 43 heavy (non-hydrogen) atoms. The monoisotopic (exact) mass is 609 g/mol. The van der Waals surface area contributed by atoms with Gasteiger partial charge in [-0.3, -0.25) is 4.98 Å². The van der Waals surface area contributed by atoms with Crippen molar-refractivity contribution < 1.29 is 17.9 Å². The Kier molecular flexibility index (Phi) is 6.60. The summed E-state index contributed by atoms with van der Waals surface area (Å²) in [6.45, 7) is 5.67. The number of hydrogen-bond donors (Lipinski definition) is 0. The van der Waals surface area contributed by atoms with E-state index in [1.807, 2.05) is 31.2 Å². The van der Waals surface area contributed by atoms with Crippen molar-refractivity contribution in [2.75, 3.05) is 45.2 Å². The van der Waals surface area contributed by atoms with Crippen LogP contribution in [0.1, 0.15) is 38.2 Å². The summed E-state index contributed by atoms with van der Waals surface area (Å²) >= 11 is 6.61. The van der Waals surface area contributed by atoms with Gasteiger partial charge in [0, 0.05) is 48.2 Å². The van der Waals surface area contributed by atoms with Crippen molar-refractivity contribution in [3.05, 3.63) is 52.9 Å². The molecule has 0 radical (unpaired) electrons. The minimum Gasteiger partial charge on any atom is -0.463 e. The molecule has 0 N–H and O–H groups in total. The van der Waals surface area contributed by atoms with E-state index in [1.54, 1.807) is 31.3 Å². The van der Waals surface area contributed by atoms with Crippen LogP contribution in [0.15, 0.2) is 36.5 Å². The number of alkyl halides is 2. The molecule has 226 valence electrons. The molecule has 2 aromatic carbocycles. The van der Waals surface area contributed by atoms with Crippen molar-refractivity contribution in [1.29, 1.82) is 0 Å². The van der Waals surface area contributed by atoms with E-state index in [4.69, 9.17) is 21.3 Å². The van der Waals surface area contributed by atoms with E-state index in [-0.39, 0.29) is 42.2 Å². The standard InChI is InChI=1S/C33H35ClF3N5O/c1-19-10-21-6-5-7-24(34)25(21)22(11-19)27-26(35)28-23(13-38-27)29(42-14-20-8-9-31(2,12-20)16-42)40-30(39-28)43-18-32(17-41(3)4)15-33(32,36)37/h5-7,10-11,13,20H,8-9,12,14-18H2,1-4H3/t20-,31-,32+/m0/s1. The van der Waals surface area contributed by atoms with Gasteiger partial charge in [0.15, 0.2) is 5.82 Å². The number of aromatic nitrogens is 3. The van der Waals surface area contributed by atoms with Crippen LogP contribution in [0.25, 0.3) is 32.9 Å². The van der Waals surface area contributed by atoms with Crippen molar-refractivity contribution in [3.8, 4) is 17.3 Å². The Balaban J connectivity index is 1.37. The van der Waals surface area contributed by atoms with Crippen LogP contribution in [0.3, 0.4) is 0 Å². The number of nitrogens with zero attached hydrogens (tertiary/aromatic N) is 5. The van der Waals surface area contributed by atoms with Gasteiger partial charge in [-0.15, -0.1) is 0 Å². The third-order valence-corrected chi connectivity index (χ3v) is 9.88. The molecular weight excluding hydrogens is 575 g/mol. The lowest BCUT2D eigenvalue weighted by Gasteiger charge is -2.39. The molecule has 0 unspecified atom stereocenters. The van der Waals surface area contributed by atoms with E-state index in [0.717, 1.165) is 43.3 Å². The summed E-state index contributed by atoms with van der Waals surface area (Å²) in [6, 6.07) is 9.34. The van der Waals surface area contributed by atoms with Gasteiger partial charge in [0.25, 0.3) is 5.92 Å². The van der Waals surface area contributed by atoms with Gasteiger partial charge in [-0.25, -0.2) is 13.2 Å². The van der Waals surface area contributed by atoms with Crippen LogP contribution < -0.4 is 9.64 Å². The van der Waals surface area contributed by atoms with Crippen LogP contribution in [-0.2, 0) is 0 Å². The number of halogens is 4. The lowest BCUT2D eigenvalue weighted by Crippen LogP contribution is -2.42. The number of aryl methyl sites for hydroxylation is 1. The van der Waals surface area contributed by atoms with Gasteiger partial charge < -0.3 is 14.5 Å². The second kappa shape index (κ2) is 9.92. The summed E-state index contributed by atoms with van der Waals surface area (Å²) < 4.78 is 51.7. The highest BCUT2D eigenvalue weighted by Gasteiger charge is 2.71. The first-order valence-electron chi connectivity index (χ1n) is 14.8. The molecule has 7 rings (SSSR count). The number of benzene rings is 2. The second-order valence-electron chi connectivity index (χ2n) is 13.7. The van der Waals surface area contributed by atoms with E-state index in [2.05, 4.69) is 21.8 Å². The van der Waals surface area contributed by atoms with Crippen LogP contribution in [0, 0.1) is 29.5 Å². The zero-order valence-corrected chi connectivity index (χ0v) is 25.6. The van der Waals surface area contributed by atoms with E-state index in [1.165, 1.54) is 0 Å². The maximum absolute atomic E-state index is 16.7. The molecule has 10 heteroatoms. The number of hydrogen-bond acceptors (Lipinski definition) is 6. The fourth-order valence-electron chi connectivity index (χ4n) is 7.55. The van der Waals surface area contributed by atoms with Crippen molar-refractivity contribution >= 4 is 39.1 Å². The zero-order chi connectivity index (χ0) is 30.3. The first kappa shape index (κ1) is 28.6. The minimum atomic E-state index is -2.84. The van der Waals surface area contributed by atoms with Gasteiger partial charge in [-0.05, 0) is 74.7 Å². The zero-order valence-electron chi connectivity index (χ0n) is 24.9. The molecule has 1 aliphatic heterocycles. The number of rotatable bonds is 7. The lowest BCUT2D eigenvalue weighted by molar-refractivity contribution is 0.0288. The predicted octanol–water partition coefficient (Wildman–Crippen LogP) is 7.54. The highest BCUT2D eigenvalue weighted by atomic mass is 35.5. The molecule has 6 nitrogen and oxygen atoms in total. The lowest BCUT2D eigenvalue weighted by atomic mass is 9.84. The molecule has 3 fully saturated rings. The molecule has 2 saturated carbocycles. The fourth-order valence-corrected chi connectivity index (χ4v) is 7.83. The number of ether oxygens (including phenoxy) is 1. The molecule has 3 heterocycles. The van der Waals surface area contributed by atoms with E-state index >= 15 is 4.39 Å². The van der Waals surface area contributed by atoms with Gasteiger partial charge in [0.05, 0.1) is 10.8 Å². The van der Waals surface area contributed by atoms with Crippen LogP contribution in [0.4, 0.5) is 19.0 Å². The molecule has 0 amide bonds. The highest BCUT2D eigenvalue weighted by molar-refractivity contribution is 6.36. The number of anilines is 1. The molecule has 1 saturated heterocycles. The topological polar surface area (TPSA) is 54.4 Å². The Morgan fingerprint density at radius 3 is 2.70 bits per heavy atom. The molecule has 2 aliphatic carbocycles. The molecule has 0 spiro atoms. The van der Waals surface area contributed by atoms with Gasteiger partial charge >= 0.3 is 6.01 Å². The fraction of sp³-hybridized carbons (Fsp3) is 0.485. The Morgan fingerprint density at radius 2 is 1.98 bits per heavy atom. The van der Waals surface area contributed by atoms with E-state index in [0.29, 0.717) is 33.1 Å². The van der Waals surface area contributed by atoms with Crippen LogP contribution in [0.2, 0.25) is 5.02 Å². The first-order valence-corrected chi connectivity index (χ1v) is 15.2. The summed E-state index contributed by atoms with van der Waals surface area (Å²) in [5.74, 6) is -2.42. The van der Waals surface area contributed by atoms with Crippen LogP contribution in [-0.4, -0.2) is 66.1 Å². The third kappa shape index (κ3) is 4.89. The van der Waals surface area contributed by atoms with Crippen LogP contribution in [0.5, 0.6) is 6.01 Å². The summed E-state index contributed by atoms with van der Waals surface area (Å²) in [7, 11) is 3.52. The molecular formula is C33H35ClF3N5O. The Bertz CT molecular complexity index is 1770.